The van der Waals surface area contributed by atoms with E-state index in [9.17, 15) is 9.59 Å². The van der Waals surface area contributed by atoms with Crippen molar-refractivity contribution in [1.82, 2.24) is 9.97 Å². The van der Waals surface area contributed by atoms with Crippen LogP contribution in [0.5, 0.6) is 0 Å². The average Bonchev–Trinajstić information content (AvgIpc) is 3.18. The maximum Gasteiger partial charge on any atom is 0.259 e. The van der Waals surface area contributed by atoms with E-state index in [-0.39, 0.29) is 17.9 Å². The fourth-order valence-corrected chi connectivity index (χ4v) is 5.64. The first-order valence-corrected chi connectivity index (χ1v) is 11.7. The van der Waals surface area contributed by atoms with Gasteiger partial charge in [-0.15, -0.1) is 11.3 Å². The minimum Gasteiger partial charge on any atom is -0.378 e. The van der Waals surface area contributed by atoms with E-state index in [0.717, 1.165) is 67.2 Å². The number of nitrogens with one attached hydrogen (secondary N) is 2. The molecule has 1 aliphatic heterocycles. The van der Waals surface area contributed by atoms with Gasteiger partial charge in [-0.05, 0) is 55.5 Å². The molecule has 7 nitrogen and oxygen atoms in total. The summed E-state index contributed by atoms with van der Waals surface area (Å²) in [4.78, 5) is 37.0. The number of carbonyl (C=O) groups excluding carboxylic acids is 1. The number of thiophene rings is 1. The van der Waals surface area contributed by atoms with Crippen LogP contribution in [0.3, 0.4) is 0 Å². The lowest BCUT2D eigenvalue weighted by Crippen LogP contribution is -2.36. The van der Waals surface area contributed by atoms with Gasteiger partial charge in [-0.1, -0.05) is 0 Å². The van der Waals surface area contributed by atoms with Gasteiger partial charge in [0.1, 0.15) is 10.7 Å². The Morgan fingerprint density at radius 3 is 2.74 bits per heavy atom. The molecular formula is C23H26N4O3S. The Kier molecular flexibility index (Phi) is 5.74. The first kappa shape index (κ1) is 20.2. The van der Waals surface area contributed by atoms with Crippen LogP contribution < -0.4 is 15.8 Å². The Bertz CT molecular complexity index is 1150. The SMILES string of the molecule is O=C(CCc1nc2sc3c(c2c(=O)[nH]1)CCCC3)Nc1ccc(N2CCOCC2)cc1. The number of H-pyrrole nitrogens is 1. The summed E-state index contributed by atoms with van der Waals surface area (Å²) in [6.07, 6.45) is 4.99. The largest absolute Gasteiger partial charge is 0.378 e. The maximum atomic E-state index is 12.6. The first-order valence-electron chi connectivity index (χ1n) is 10.9. The van der Waals surface area contributed by atoms with Gasteiger partial charge in [-0.25, -0.2) is 4.98 Å². The lowest BCUT2D eigenvalue weighted by Gasteiger charge is -2.28. The molecule has 1 amide bonds. The van der Waals surface area contributed by atoms with Crippen molar-refractivity contribution < 1.29 is 9.53 Å². The van der Waals surface area contributed by atoms with E-state index in [2.05, 4.69) is 20.2 Å². The van der Waals surface area contributed by atoms with E-state index in [1.165, 1.54) is 16.9 Å². The smallest absolute Gasteiger partial charge is 0.259 e. The maximum absolute atomic E-state index is 12.6. The molecule has 5 rings (SSSR count). The number of nitrogens with zero attached hydrogens (tertiary/aromatic N) is 2. The van der Waals surface area contributed by atoms with Gasteiger partial charge in [0, 0.05) is 42.2 Å². The zero-order chi connectivity index (χ0) is 21.2. The van der Waals surface area contributed by atoms with Crippen LogP contribution >= 0.6 is 11.3 Å². The first-order chi connectivity index (χ1) is 15.2. The second-order valence-corrected chi connectivity index (χ2v) is 9.18. The number of anilines is 2. The summed E-state index contributed by atoms with van der Waals surface area (Å²) in [5.74, 6) is 0.487. The minimum absolute atomic E-state index is 0.0708. The Labute approximate surface area is 184 Å². The highest BCUT2D eigenvalue weighted by molar-refractivity contribution is 7.18. The van der Waals surface area contributed by atoms with Crippen molar-refractivity contribution in [3.63, 3.8) is 0 Å². The molecule has 0 atom stereocenters. The van der Waals surface area contributed by atoms with E-state index in [4.69, 9.17) is 4.74 Å². The number of fused-ring (bicyclic) bond motifs is 3. The predicted molar refractivity (Wildman–Crippen MR) is 123 cm³/mol. The zero-order valence-electron chi connectivity index (χ0n) is 17.4. The minimum atomic E-state index is -0.0904. The van der Waals surface area contributed by atoms with Gasteiger partial charge < -0.3 is 19.9 Å². The number of benzene rings is 1. The molecule has 0 radical (unpaired) electrons. The van der Waals surface area contributed by atoms with Crippen LogP contribution in [-0.2, 0) is 28.8 Å². The van der Waals surface area contributed by atoms with E-state index >= 15 is 0 Å². The van der Waals surface area contributed by atoms with Crippen molar-refractivity contribution in [3.05, 3.63) is 50.9 Å². The molecule has 2 aromatic heterocycles. The lowest BCUT2D eigenvalue weighted by atomic mass is 9.97. The fraction of sp³-hybridized carbons (Fsp3) is 0.435. The Morgan fingerprint density at radius 2 is 1.94 bits per heavy atom. The van der Waals surface area contributed by atoms with Gasteiger partial charge in [0.2, 0.25) is 5.91 Å². The topological polar surface area (TPSA) is 87.3 Å². The number of hydrogen-bond acceptors (Lipinski definition) is 6. The van der Waals surface area contributed by atoms with Crippen LogP contribution in [0, 0.1) is 0 Å². The van der Waals surface area contributed by atoms with Crippen LogP contribution in [0.15, 0.2) is 29.1 Å². The predicted octanol–water partition coefficient (Wildman–Crippen LogP) is 3.27. The molecule has 2 aliphatic rings. The molecule has 1 saturated heterocycles. The molecule has 3 aromatic rings. The van der Waals surface area contributed by atoms with E-state index in [1.54, 1.807) is 11.3 Å². The van der Waals surface area contributed by atoms with Crippen LogP contribution in [0.2, 0.25) is 0 Å². The third kappa shape index (κ3) is 4.36. The highest BCUT2D eigenvalue weighted by Gasteiger charge is 2.20. The number of hydrogen-bond donors (Lipinski definition) is 2. The Balaban J connectivity index is 1.21. The van der Waals surface area contributed by atoms with Crippen LogP contribution in [-0.4, -0.2) is 42.2 Å². The van der Waals surface area contributed by atoms with Gasteiger partial charge in [0.05, 0.1) is 18.6 Å². The fourth-order valence-electron chi connectivity index (χ4n) is 4.36. The summed E-state index contributed by atoms with van der Waals surface area (Å²) in [5.41, 5.74) is 3.02. The third-order valence-electron chi connectivity index (χ3n) is 5.99. The molecule has 0 spiro atoms. The molecule has 31 heavy (non-hydrogen) atoms. The summed E-state index contributed by atoms with van der Waals surface area (Å²) in [7, 11) is 0. The molecule has 3 heterocycles. The average molecular weight is 439 g/mol. The molecule has 0 bridgehead atoms. The highest BCUT2D eigenvalue weighted by atomic mass is 32.1. The highest BCUT2D eigenvalue weighted by Crippen LogP contribution is 2.33. The van der Waals surface area contributed by atoms with E-state index in [0.29, 0.717) is 12.2 Å². The summed E-state index contributed by atoms with van der Waals surface area (Å²) in [6, 6.07) is 7.88. The zero-order valence-corrected chi connectivity index (χ0v) is 18.2. The number of ether oxygens (including phenoxy) is 1. The molecule has 162 valence electrons. The molecule has 1 aromatic carbocycles. The number of rotatable bonds is 5. The number of aromatic nitrogens is 2. The molecule has 2 N–H and O–H groups in total. The normalized spacial score (nSPS) is 16.3. The van der Waals surface area contributed by atoms with Gasteiger partial charge in [0.25, 0.3) is 5.56 Å². The number of amides is 1. The van der Waals surface area contributed by atoms with Crippen LogP contribution in [0.4, 0.5) is 11.4 Å². The van der Waals surface area contributed by atoms with Crippen molar-refractivity contribution >= 4 is 38.8 Å². The number of aryl methyl sites for hydroxylation is 3. The Hall–Kier alpha value is -2.71. The van der Waals surface area contributed by atoms with Crippen LogP contribution in [0.25, 0.3) is 10.2 Å². The van der Waals surface area contributed by atoms with Gasteiger partial charge in [-0.3, -0.25) is 9.59 Å². The molecule has 1 aliphatic carbocycles. The number of aromatic amines is 1. The summed E-state index contributed by atoms with van der Waals surface area (Å²) in [5, 5.41) is 3.69. The van der Waals surface area contributed by atoms with Crippen LogP contribution in [0.1, 0.15) is 35.5 Å². The van der Waals surface area contributed by atoms with Crippen molar-refractivity contribution in [1.29, 1.82) is 0 Å². The third-order valence-corrected chi connectivity index (χ3v) is 7.18. The molecule has 0 unspecified atom stereocenters. The molecule has 0 saturated carbocycles. The summed E-state index contributed by atoms with van der Waals surface area (Å²) in [6.45, 7) is 3.26. The van der Waals surface area contributed by atoms with Gasteiger partial charge in [-0.2, -0.15) is 0 Å². The second kappa shape index (κ2) is 8.80. The monoisotopic (exact) mass is 438 g/mol. The van der Waals surface area contributed by atoms with Gasteiger partial charge >= 0.3 is 0 Å². The quantitative estimate of drug-likeness (QED) is 0.638. The standard InChI is InChI=1S/C23H26N4O3S/c28-20(24-15-5-7-16(8-6-15)27-11-13-30-14-12-27)10-9-19-25-22(29)21-17-3-1-2-4-18(17)31-23(21)26-19/h5-8H,1-4,9-14H2,(H,24,28)(H,25,26,29). The Morgan fingerprint density at radius 1 is 1.16 bits per heavy atom. The second-order valence-electron chi connectivity index (χ2n) is 8.10. The van der Waals surface area contributed by atoms with Crippen molar-refractivity contribution in [3.8, 4) is 0 Å². The van der Waals surface area contributed by atoms with Gasteiger partial charge in [0.15, 0.2) is 0 Å². The summed E-state index contributed by atoms with van der Waals surface area (Å²) < 4.78 is 5.39. The lowest BCUT2D eigenvalue weighted by molar-refractivity contribution is -0.116. The number of carbonyl (C=O) groups is 1. The van der Waals surface area contributed by atoms with E-state index < -0.39 is 0 Å². The van der Waals surface area contributed by atoms with Crippen molar-refractivity contribution in [2.45, 2.75) is 38.5 Å². The molecule has 8 heteroatoms. The van der Waals surface area contributed by atoms with Crippen molar-refractivity contribution in [2.75, 3.05) is 36.5 Å². The summed E-state index contributed by atoms with van der Waals surface area (Å²) >= 11 is 1.63. The molecule has 1 fully saturated rings. The number of morpholine rings is 1. The molecular weight excluding hydrogens is 412 g/mol. The van der Waals surface area contributed by atoms with E-state index in [1.807, 2.05) is 24.3 Å². The van der Waals surface area contributed by atoms with Crippen molar-refractivity contribution in [2.24, 2.45) is 0 Å².